The Labute approximate surface area is 198 Å². The summed E-state index contributed by atoms with van der Waals surface area (Å²) in [5, 5.41) is 2.98. The molecule has 2 aromatic rings. The Morgan fingerprint density at radius 3 is 2.53 bits per heavy atom. The molecule has 34 heavy (non-hydrogen) atoms. The van der Waals surface area contributed by atoms with Gasteiger partial charge in [-0.1, -0.05) is 0 Å². The first-order valence-corrected chi connectivity index (χ1v) is 11.8. The molecule has 1 unspecified atom stereocenters. The van der Waals surface area contributed by atoms with Gasteiger partial charge in [0.2, 0.25) is 0 Å². The predicted molar refractivity (Wildman–Crippen MR) is 127 cm³/mol. The molecule has 6 rings (SSSR count). The van der Waals surface area contributed by atoms with Crippen molar-refractivity contribution in [3.8, 4) is 5.75 Å². The second kappa shape index (κ2) is 7.33. The number of aliphatic imine (C=N–C) groups is 1. The van der Waals surface area contributed by atoms with Gasteiger partial charge < -0.3 is 30.2 Å². The molecule has 1 atom stereocenters. The Hall–Kier alpha value is -3.33. The Morgan fingerprint density at radius 1 is 1.12 bits per heavy atom. The zero-order valence-electron chi connectivity index (χ0n) is 19.5. The van der Waals surface area contributed by atoms with Crippen molar-refractivity contribution < 1.29 is 19.0 Å². The van der Waals surface area contributed by atoms with E-state index in [1.54, 1.807) is 12.3 Å². The average molecular weight is 464 g/mol. The van der Waals surface area contributed by atoms with Crippen LogP contribution in [0.4, 0.5) is 11.4 Å². The van der Waals surface area contributed by atoms with E-state index < -0.39 is 16.6 Å². The van der Waals surface area contributed by atoms with Gasteiger partial charge in [-0.05, 0) is 57.0 Å². The number of carbonyl (C=O) groups is 1. The van der Waals surface area contributed by atoms with Crippen molar-refractivity contribution >= 4 is 23.3 Å². The van der Waals surface area contributed by atoms with E-state index in [2.05, 4.69) is 29.0 Å². The summed E-state index contributed by atoms with van der Waals surface area (Å²) >= 11 is 0. The number of pyridine rings is 1. The van der Waals surface area contributed by atoms with Gasteiger partial charge >= 0.3 is 0 Å². The van der Waals surface area contributed by atoms with Gasteiger partial charge in [-0.15, -0.1) is 0 Å². The maximum atomic E-state index is 13.0. The molecule has 0 bridgehead atoms. The highest BCUT2D eigenvalue weighted by atomic mass is 16.5. The standard InChI is InChI=1S/C25H29N5O4/c1-23(2)24(13-32-14-24)25(15-33-22(26)29-25)18-11-16(5-8-20(18)34-23)28-21(31)19-7-6-17(12-27-19)30-9-3-4-10-30/h5-8,11-12H,3-4,9-10,13-15H2,1-2H3,(H2,26,29)(H,28,31). The van der Waals surface area contributed by atoms with Crippen LogP contribution in [0.25, 0.3) is 0 Å². The highest BCUT2D eigenvalue weighted by molar-refractivity contribution is 6.03. The lowest BCUT2D eigenvalue weighted by molar-refractivity contribution is -0.247. The summed E-state index contributed by atoms with van der Waals surface area (Å²) in [5.74, 6) is 0.432. The first kappa shape index (κ1) is 21.2. The summed E-state index contributed by atoms with van der Waals surface area (Å²) in [6, 6.07) is 9.49. The number of benzene rings is 1. The molecular formula is C25H29N5O4. The van der Waals surface area contributed by atoms with Crippen LogP contribution >= 0.6 is 0 Å². The van der Waals surface area contributed by atoms with E-state index in [0.29, 0.717) is 37.0 Å². The summed E-state index contributed by atoms with van der Waals surface area (Å²) in [4.78, 5) is 24.5. The minimum atomic E-state index is -0.747. The number of hydrogen-bond donors (Lipinski definition) is 2. The van der Waals surface area contributed by atoms with Gasteiger partial charge in [-0.3, -0.25) is 4.79 Å². The smallest absolute Gasteiger partial charge is 0.283 e. The van der Waals surface area contributed by atoms with Crippen molar-refractivity contribution in [1.29, 1.82) is 0 Å². The van der Waals surface area contributed by atoms with E-state index in [4.69, 9.17) is 24.9 Å². The van der Waals surface area contributed by atoms with E-state index in [1.165, 1.54) is 12.8 Å². The molecule has 3 N–H and O–H groups in total. The van der Waals surface area contributed by atoms with Gasteiger partial charge in [0.05, 0.1) is 30.5 Å². The molecule has 178 valence electrons. The quantitative estimate of drug-likeness (QED) is 0.720. The Kier molecular flexibility index (Phi) is 4.58. The topological polar surface area (TPSA) is 111 Å². The number of anilines is 2. The van der Waals surface area contributed by atoms with Crippen LogP contribution < -0.4 is 20.7 Å². The number of nitrogens with two attached hydrogens (primary N) is 1. The molecule has 1 aromatic heterocycles. The van der Waals surface area contributed by atoms with E-state index in [1.807, 2.05) is 24.3 Å². The van der Waals surface area contributed by atoms with Crippen LogP contribution in [0.15, 0.2) is 41.5 Å². The number of ether oxygens (including phenoxy) is 3. The molecule has 1 aromatic carbocycles. The van der Waals surface area contributed by atoms with Crippen LogP contribution in [0.2, 0.25) is 0 Å². The van der Waals surface area contributed by atoms with Crippen molar-refractivity contribution in [1.82, 2.24) is 4.98 Å². The first-order valence-electron chi connectivity index (χ1n) is 11.8. The van der Waals surface area contributed by atoms with Crippen molar-refractivity contribution in [2.45, 2.75) is 37.8 Å². The monoisotopic (exact) mass is 463 g/mol. The lowest BCUT2D eigenvalue weighted by Gasteiger charge is -2.61. The third-order valence-electron chi connectivity index (χ3n) is 7.87. The molecule has 2 fully saturated rings. The van der Waals surface area contributed by atoms with Crippen molar-refractivity contribution in [2.24, 2.45) is 16.1 Å². The largest absolute Gasteiger partial charge is 0.487 e. The van der Waals surface area contributed by atoms with Gasteiger partial charge in [-0.25, -0.2) is 9.98 Å². The maximum Gasteiger partial charge on any atom is 0.283 e. The summed E-state index contributed by atoms with van der Waals surface area (Å²) < 4.78 is 17.8. The lowest BCUT2D eigenvalue weighted by atomic mass is 9.55. The van der Waals surface area contributed by atoms with Gasteiger partial charge in [0.15, 0.2) is 0 Å². The maximum absolute atomic E-state index is 13.0. The molecule has 0 radical (unpaired) electrons. The molecule has 4 aliphatic rings. The number of amides is 1. The zero-order valence-corrected chi connectivity index (χ0v) is 19.5. The number of fused-ring (bicyclic) bond motifs is 3. The molecular weight excluding hydrogens is 434 g/mol. The number of amidine groups is 1. The van der Waals surface area contributed by atoms with Crippen molar-refractivity contribution in [3.05, 3.63) is 47.8 Å². The molecule has 9 nitrogen and oxygen atoms in total. The SMILES string of the molecule is CC1(C)Oc2ccc(NC(=O)c3ccc(N4CCCC4)cn3)cc2C2(COC(N)=N2)C12COC2. The lowest BCUT2D eigenvalue weighted by Crippen LogP contribution is -2.71. The molecule has 2 saturated heterocycles. The highest BCUT2D eigenvalue weighted by Crippen LogP contribution is 2.62. The number of nitrogens with one attached hydrogen (secondary N) is 1. The van der Waals surface area contributed by atoms with Crippen LogP contribution in [0.1, 0.15) is 42.7 Å². The number of nitrogens with zero attached hydrogens (tertiary/aromatic N) is 3. The molecule has 5 heterocycles. The van der Waals surface area contributed by atoms with Gasteiger partial charge in [0.25, 0.3) is 11.9 Å². The van der Waals surface area contributed by atoms with E-state index in [9.17, 15) is 4.79 Å². The third-order valence-corrected chi connectivity index (χ3v) is 7.87. The average Bonchev–Trinajstić information content (AvgIpc) is 3.44. The van der Waals surface area contributed by atoms with E-state index >= 15 is 0 Å². The number of carbonyl (C=O) groups excluding carboxylic acids is 1. The van der Waals surface area contributed by atoms with Crippen LogP contribution in [-0.4, -0.2) is 55.4 Å². The number of rotatable bonds is 3. The van der Waals surface area contributed by atoms with E-state index in [0.717, 1.165) is 24.3 Å². The van der Waals surface area contributed by atoms with Gasteiger partial charge in [0, 0.05) is 24.3 Å². The van der Waals surface area contributed by atoms with Crippen molar-refractivity contribution in [3.63, 3.8) is 0 Å². The Morgan fingerprint density at radius 2 is 1.91 bits per heavy atom. The molecule has 0 saturated carbocycles. The van der Waals surface area contributed by atoms with Crippen LogP contribution in [0.3, 0.4) is 0 Å². The van der Waals surface area contributed by atoms with E-state index in [-0.39, 0.29) is 11.9 Å². The fourth-order valence-electron chi connectivity index (χ4n) is 5.73. The van der Waals surface area contributed by atoms with Crippen molar-refractivity contribution in [2.75, 3.05) is 43.1 Å². The normalized spacial score (nSPS) is 25.8. The van der Waals surface area contributed by atoms with Gasteiger partial charge in [0.1, 0.15) is 29.2 Å². The van der Waals surface area contributed by atoms with Gasteiger partial charge in [-0.2, -0.15) is 0 Å². The molecule has 2 spiro atoms. The Bertz CT molecular complexity index is 1170. The first-order chi connectivity index (χ1) is 16.3. The number of hydrogen-bond acceptors (Lipinski definition) is 8. The fourth-order valence-corrected chi connectivity index (χ4v) is 5.73. The zero-order chi connectivity index (χ0) is 23.6. The second-order valence-corrected chi connectivity index (χ2v) is 10.0. The van der Waals surface area contributed by atoms with Crippen LogP contribution in [-0.2, 0) is 15.0 Å². The molecule has 0 aliphatic carbocycles. The Balaban J connectivity index is 1.31. The molecule has 4 aliphatic heterocycles. The fraction of sp³-hybridized carbons (Fsp3) is 0.480. The second-order valence-electron chi connectivity index (χ2n) is 10.0. The molecule has 9 heteroatoms. The minimum Gasteiger partial charge on any atom is -0.487 e. The summed E-state index contributed by atoms with van der Waals surface area (Å²) in [6.07, 6.45) is 4.15. The van der Waals surface area contributed by atoms with Crippen LogP contribution in [0, 0.1) is 5.41 Å². The number of aromatic nitrogens is 1. The highest BCUT2D eigenvalue weighted by Gasteiger charge is 2.71. The molecule has 1 amide bonds. The summed E-state index contributed by atoms with van der Waals surface area (Å²) in [7, 11) is 0. The minimum absolute atomic E-state index is 0.159. The third kappa shape index (κ3) is 2.92. The summed E-state index contributed by atoms with van der Waals surface area (Å²) in [6.45, 7) is 7.46. The summed E-state index contributed by atoms with van der Waals surface area (Å²) in [5.41, 5.74) is 7.17. The predicted octanol–water partition coefficient (Wildman–Crippen LogP) is 2.66. The van der Waals surface area contributed by atoms with Crippen LogP contribution in [0.5, 0.6) is 5.75 Å².